The largest absolute Gasteiger partial charge is 0.397 e. The van der Waals surface area contributed by atoms with Crippen molar-refractivity contribution in [2.75, 3.05) is 12.3 Å². The Bertz CT molecular complexity index is 401. The number of hydrogen-bond acceptors (Lipinski definition) is 3. The van der Waals surface area contributed by atoms with Crippen molar-refractivity contribution in [3.05, 3.63) is 33.8 Å². The summed E-state index contributed by atoms with van der Waals surface area (Å²) in [5, 5.41) is 0. The summed E-state index contributed by atoms with van der Waals surface area (Å²) in [5.74, 6) is 0. The van der Waals surface area contributed by atoms with Gasteiger partial charge in [0.2, 0.25) is 0 Å². The average molecular weight is 255 g/mol. The predicted molar refractivity (Wildman–Crippen MR) is 60.4 cm³/mol. The molecule has 1 aromatic rings. The van der Waals surface area contributed by atoms with E-state index in [0.29, 0.717) is 6.61 Å². The summed E-state index contributed by atoms with van der Waals surface area (Å²) in [4.78, 5) is 5.05. The van der Waals surface area contributed by atoms with Gasteiger partial charge in [-0.15, -0.1) is 0 Å². The molecule has 0 saturated heterocycles. The Kier molecular flexibility index (Phi) is 2.48. The molecular formula is C10H11BrN2O. The van der Waals surface area contributed by atoms with Crippen LogP contribution >= 0.6 is 15.9 Å². The molecule has 1 aliphatic rings. The third-order valence-corrected chi connectivity index (χ3v) is 2.91. The lowest BCUT2D eigenvalue weighted by molar-refractivity contribution is 0.121. The third kappa shape index (κ3) is 1.51. The number of nitrogens with two attached hydrogens (primary N) is 1. The highest BCUT2D eigenvalue weighted by molar-refractivity contribution is 9.10. The van der Waals surface area contributed by atoms with Crippen molar-refractivity contribution in [3.63, 3.8) is 0 Å². The zero-order valence-electron chi connectivity index (χ0n) is 7.80. The minimum Gasteiger partial charge on any atom is -0.397 e. The number of benzene rings is 1. The van der Waals surface area contributed by atoms with Crippen molar-refractivity contribution in [3.8, 4) is 0 Å². The molecule has 2 rings (SSSR count). The molecule has 4 heteroatoms. The van der Waals surface area contributed by atoms with Gasteiger partial charge < -0.3 is 5.73 Å². The fraction of sp³-hybridized carbons (Fsp3) is 0.200. The van der Waals surface area contributed by atoms with Gasteiger partial charge in [0.05, 0.1) is 18.0 Å². The van der Waals surface area contributed by atoms with Crippen LogP contribution in [0.4, 0.5) is 5.69 Å². The van der Waals surface area contributed by atoms with Crippen LogP contribution < -0.4 is 11.2 Å². The number of anilines is 1. The summed E-state index contributed by atoms with van der Waals surface area (Å²) in [6.45, 7) is 2.61. The van der Waals surface area contributed by atoms with Gasteiger partial charge in [-0.05, 0) is 40.6 Å². The second kappa shape index (κ2) is 3.63. The molecule has 0 spiro atoms. The van der Waals surface area contributed by atoms with E-state index in [1.165, 1.54) is 0 Å². The molecule has 0 atom stereocenters. The molecule has 3 N–H and O–H groups in total. The monoisotopic (exact) mass is 254 g/mol. The van der Waals surface area contributed by atoms with Gasteiger partial charge in [0.25, 0.3) is 0 Å². The second-order valence-electron chi connectivity index (χ2n) is 3.18. The molecule has 0 bridgehead atoms. The van der Waals surface area contributed by atoms with Crippen LogP contribution in [0.5, 0.6) is 0 Å². The number of hydrogen-bond donors (Lipinski definition) is 2. The van der Waals surface area contributed by atoms with Crippen molar-refractivity contribution < 1.29 is 4.84 Å². The lowest BCUT2D eigenvalue weighted by Gasteiger charge is -2.11. The minimum atomic E-state index is 0.584. The zero-order chi connectivity index (χ0) is 10.1. The van der Waals surface area contributed by atoms with E-state index >= 15 is 0 Å². The van der Waals surface area contributed by atoms with Crippen LogP contribution in [0.25, 0.3) is 5.70 Å². The number of hydroxylamine groups is 1. The van der Waals surface area contributed by atoms with Gasteiger partial charge >= 0.3 is 0 Å². The van der Waals surface area contributed by atoms with E-state index in [9.17, 15) is 0 Å². The van der Waals surface area contributed by atoms with E-state index in [0.717, 1.165) is 27.0 Å². The van der Waals surface area contributed by atoms with Crippen LogP contribution in [0.3, 0.4) is 0 Å². The molecule has 3 nitrogen and oxygen atoms in total. The minimum absolute atomic E-state index is 0.584. The van der Waals surface area contributed by atoms with Gasteiger partial charge in [-0.1, -0.05) is 6.07 Å². The van der Waals surface area contributed by atoms with E-state index in [4.69, 9.17) is 10.6 Å². The van der Waals surface area contributed by atoms with Crippen LogP contribution in [-0.2, 0) is 4.84 Å². The Morgan fingerprint density at radius 1 is 1.50 bits per heavy atom. The summed E-state index contributed by atoms with van der Waals surface area (Å²) in [6.07, 6.45) is 1.98. The highest BCUT2D eigenvalue weighted by Crippen LogP contribution is 2.31. The lowest BCUT2D eigenvalue weighted by Crippen LogP contribution is -2.08. The molecular weight excluding hydrogens is 244 g/mol. The van der Waals surface area contributed by atoms with E-state index in [-0.39, 0.29) is 0 Å². The van der Waals surface area contributed by atoms with Gasteiger partial charge in [0.15, 0.2) is 0 Å². The first kappa shape index (κ1) is 9.55. The van der Waals surface area contributed by atoms with Crippen molar-refractivity contribution in [2.45, 2.75) is 6.92 Å². The number of halogens is 1. The Morgan fingerprint density at radius 3 is 2.93 bits per heavy atom. The Hall–Kier alpha value is -1.00. The summed E-state index contributed by atoms with van der Waals surface area (Å²) < 4.78 is 0.910. The van der Waals surface area contributed by atoms with Gasteiger partial charge in [-0.3, -0.25) is 10.3 Å². The molecule has 1 heterocycles. The molecule has 14 heavy (non-hydrogen) atoms. The van der Waals surface area contributed by atoms with Gasteiger partial charge in [-0.25, -0.2) is 0 Å². The number of nitrogens with one attached hydrogen (secondary N) is 1. The molecule has 0 aliphatic carbocycles. The Morgan fingerprint density at radius 2 is 2.29 bits per heavy atom. The molecule has 0 aromatic heterocycles. The first-order valence-corrected chi connectivity index (χ1v) is 5.12. The van der Waals surface area contributed by atoms with Crippen molar-refractivity contribution >= 4 is 27.3 Å². The number of aryl methyl sites for hydroxylation is 1. The van der Waals surface area contributed by atoms with Gasteiger partial charge in [0.1, 0.15) is 0 Å². The maximum Gasteiger partial charge on any atom is 0.0951 e. The van der Waals surface area contributed by atoms with Gasteiger partial charge in [0, 0.05) is 10.0 Å². The highest BCUT2D eigenvalue weighted by atomic mass is 79.9. The van der Waals surface area contributed by atoms with Crippen molar-refractivity contribution in [1.82, 2.24) is 5.48 Å². The zero-order valence-corrected chi connectivity index (χ0v) is 9.39. The van der Waals surface area contributed by atoms with Crippen LogP contribution in [0.15, 0.2) is 22.7 Å². The van der Waals surface area contributed by atoms with E-state index < -0.39 is 0 Å². The van der Waals surface area contributed by atoms with Crippen LogP contribution in [-0.4, -0.2) is 6.61 Å². The maximum atomic E-state index is 5.98. The average Bonchev–Trinajstić information content (AvgIpc) is 2.65. The maximum absolute atomic E-state index is 5.98. The molecule has 0 fully saturated rings. The summed E-state index contributed by atoms with van der Waals surface area (Å²) >= 11 is 3.41. The van der Waals surface area contributed by atoms with Crippen molar-refractivity contribution in [2.24, 2.45) is 0 Å². The molecule has 0 amide bonds. The first-order chi connectivity index (χ1) is 6.70. The second-order valence-corrected chi connectivity index (χ2v) is 4.04. The normalized spacial score (nSPS) is 15.1. The molecule has 74 valence electrons. The molecule has 0 unspecified atom stereocenters. The number of nitrogen functional groups attached to an aromatic ring is 1. The molecule has 0 saturated carbocycles. The standard InChI is InChI=1S/C10H11BrN2O/c1-6-2-3-7(11)10(12)9(6)8-4-5-14-13-8/h2-4,13H,5,12H2,1H3. The number of rotatable bonds is 1. The highest BCUT2D eigenvalue weighted by Gasteiger charge is 2.14. The molecule has 1 aromatic carbocycles. The summed E-state index contributed by atoms with van der Waals surface area (Å²) in [7, 11) is 0. The van der Waals surface area contributed by atoms with Crippen LogP contribution in [0, 0.1) is 6.92 Å². The van der Waals surface area contributed by atoms with Crippen LogP contribution in [0.1, 0.15) is 11.1 Å². The fourth-order valence-electron chi connectivity index (χ4n) is 1.50. The van der Waals surface area contributed by atoms with Crippen molar-refractivity contribution in [1.29, 1.82) is 0 Å². The van der Waals surface area contributed by atoms with E-state index in [2.05, 4.69) is 21.4 Å². The summed E-state index contributed by atoms with van der Waals surface area (Å²) in [6, 6.07) is 3.97. The summed E-state index contributed by atoms with van der Waals surface area (Å²) in [5.41, 5.74) is 12.7. The topological polar surface area (TPSA) is 47.3 Å². The SMILES string of the molecule is Cc1ccc(Br)c(N)c1C1=CCON1. The third-order valence-electron chi connectivity index (χ3n) is 2.22. The van der Waals surface area contributed by atoms with E-state index in [1.807, 2.05) is 25.1 Å². The van der Waals surface area contributed by atoms with Crippen LogP contribution in [0.2, 0.25) is 0 Å². The Labute approximate surface area is 91.0 Å². The predicted octanol–water partition coefficient (Wildman–Crippen LogP) is 2.22. The lowest BCUT2D eigenvalue weighted by atomic mass is 10.0. The van der Waals surface area contributed by atoms with E-state index in [1.54, 1.807) is 0 Å². The fourth-order valence-corrected chi connectivity index (χ4v) is 1.83. The Balaban J connectivity index is 2.55. The smallest absolute Gasteiger partial charge is 0.0951 e. The van der Waals surface area contributed by atoms with Gasteiger partial charge in [-0.2, -0.15) is 0 Å². The first-order valence-electron chi connectivity index (χ1n) is 4.33. The molecule has 1 aliphatic heterocycles. The quantitative estimate of drug-likeness (QED) is 0.756. The molecule has 0 radical (unpaired) electrons.